The van der Waals surface area contributed by atoms with E-state index in [1.54, 1.807) is 12.1 Å². The molecule has 0 aliphatic rings. The van der Waals surface area contributed by atoms with Crippen molar-refractivity contribution in [2.24, 2.45) is 0 Å². The van der Waals surface area contributed by atoms with E-state index in [-0.39, 0.29) is 11.9 Å². The molecule has 1 aromatic carbocycles. The highest BCUT2D eigenvalue weighted by Crippen LogP contribution is 2.12. The number of hydrogen-bond donors (Lipinski definition) is 2. The molecule has 0 radical (unpaired) electrons. The molecule has 0 fully saturated rings. The van der Waals surface area contributed by atoms with E-state index in [9.17, 15) is 4.79 Å². The summed E-state index contributed by atoms with van der Waals surface area (Å²) in [4.78, 5) is 15.8. The van der Waals surface area contributed by atoms with Crippen molar-refractivity contribution in [2.75, 3.05) is 5.73 Å². The lowest BCUT2D eigenvalue weighted by atomic mass is 10.1. The minimum absolute atomic E-state index is 0.0451. The van der Waals surface area contributed by atoms with Gasteiger partial charge in [-0.05, 0) is 24.6 Å². The van der Waals surface area contributed by atoms with Crippen molar-refractivity contribution in [3.05, 3.63) is 59.8 Å². The number of nitrogens with one attached hydrogen (secondary N) is 1. The molecule has 4 heteroatoms. The number of carbonyl (C=O) groups is 1. The number of nitrogens with two attached hydrogens (primary N) is 1. The van der Waals surface area contributed by atoms with Crippen LogP contribution in [0.25, 0.3) is 0 Å². The molecular weight excluding hydrogens is 226 g/mol. The highest BCUT2D eigenvalue weighted by atomic mass is 16.1. The summed E-state index contributed by atoms with van der Waals surface area (Å²) >= 11 is 0. The number of amides is 1. The summed E-state index contributed by atoms with van der Waals surface area (Å²) < 4.78 is 0. The summed E-state index contributed by atoms with van der Waals surface area (Å²) in [5, 5.41) is 2.91. The van der Waals surface area contributed by atoms with Gasteiger partial charge in [0.1, 0.15) is 5.82 Å². The molecule has 1 heterocycles. The maximum absolute atomic E-state index is 11.9. The van der Waals surface area contributed by atoms with Gasteiger partial charge in [0.2, 0.25) is 0 Å². The molecule has 1 amide bonds. The first-order valence-electron chi connectivity index (χ1n) is 5.74. The molecule has 1 aromatic heterocycles. The molecule has 1 atom stereocenters. The average Bonchev–Trinajstić information content (AvgIpc) is 2.40. The lowest BCUT2D eigenvalue weighted by Crippen LogP contribution is -2.26. The number of benzene rings is 1. The van der Waals surface area contributed by atoms with Gasteiger partial charge in [-0.1, -0.05) is 30.3 Å². The maximum Gasteiger partial charge on any atom is 0.253 e. The zero-order chi connectivity index (χ0) is 13.0. The van der Waals surface area contributed by atoms with Crippen molar-refractivity contribution in [2.45, 2.75) is 13.0 Å². The Morgan fingerprint density at radius 3 is 2.56 bits per heavy atom. The number of pyridine rings is 1. The van der Waals surface area contributed by atoms with Gasteiger partial charge in [0.05, 0.1) is 11.6 Å². The number of nitrogens with zero attached hydrogens (tertiary/aromatic N) is 1. The minimum atomic E-state index is -0.154. The van der Waals surface area contributed by atoms with Crippen LogP contribution in [0.5, 0.6) is 0 Å². The number of aromatic nitrogens is 1. The lowest BCUT2D eigenvalue weighted by Gasteiger charge is -2.14. The van der Waals surface area contributed by atoms with E-state index in [4.69, 9.17) is 5.73 Å². The molecule has 2 rings (SSSR count). The summed E-state index contributed by atoms with van der Waals surface area (Å²) in [6, 6.07) is 13.0. The fraction of sp³-hybridized carbons (Fsp3) is 0.143. The highest BCUT2D eigenvalue weighted by molar-refractivity contribution is 5.94. The Balaban J connectivity index is 2.06. The van der Waals surface area contributed by atoms with Crippen LogP contribution in [0, 0.1) is 0 Å². The second kappa shape index (κ2) is 5.31. The van der Waals surface area contributed by atoms with Crippen LogP contribution in [-0.4, -0.2) is 10.9 Å². The predicted octanol–water partition coefficient (Wildman–Crippen LogP) is 2.15. The van der Waals surface area contributed by atoms with E-state index in [1.807, 2.05) is 37.3 Å². The number of carbonyl (C=O) groups excluding carboxylic acids is 1. The fourth-order valence-corrected chi connectivity index (χ4v) is 1.64. The smallest absolute Gasteiger partial charge is 0.253 e. The van der Waals surface area contributed by atoms with Gasteiger partial charge in [-0.15, -0.1) is 0 Å². The molecule has 0 aliphatic heterocycles. The Hall–Kier alpha value is -2.36. The normalized spacial score (nSPS) is 11.8. The molecule has 2 aromatic rings. The predicted molar refractivity (Wildman–Crippen MR) is 71.0 cm³/mol. The van der Waals surface area contributed by atoms with Crippen LogP contribution in [-0.2, 0) is 0 Å². The molecule has 0 bridgehead atoms. The van der Waals surface area contributed by atoms with Gasteiger partial charge in [-0.25, -0.2) is 4.98 Å². The quantitative estimate of drug-likeness (QED) is 0.865. The molecule has 0 spiro atoms. The first-order chi connectivity index (χ1) is 8.66. The van der Waals surface area contributed by atoms with Crippen LogP contribution in [0.4, 0.5) is 5.82 Å². The van der Waals surface area contributed by atoms with Gasteiger partial charge in [0, 0.05) is 6.20 Å². The van der Waals surface area contributed by atoms with Crippen molar-refractivity contribution in [3.8, 4) is 0 Å². The number of nitrogen functional groups attached to an aromatic ring is 1. The summed E-state index contributed by atoms with van der Waals surface area (Å²) in [5.41, 5.74) is 7.05. The van der Waals surface area contributed by atoms with Crippen LogP contribution < -0.4 is 11.1 Å². The summed E-state index contributed by atoms with van der Waals surface area (Å²) in [5.74, 6) is 0.251. The Morgan fingerprint density at radius 1 is 1.22 bits per heavy atom. The molecular formula is C14H15N3O. The zero-order valence-electron chi connectivity index (χ0n) is 10.1. The number of rotatable bonds is 3. The van der Waals surface area contributed by atoms with Crippen LogP contribution in [0.2, 0.25) is 0 Å². The van der Waals surface area contributed by atoms with E-state index in [0.717, 1.165) is 5.56 Å². The molecule has 0 aliphatic carbocycles. The lowest BCUT2D eigenvalue weighted by molar-refractivity contribution is 0.0939. The van der Waals surface area contributed by atoms with Gasteiger partial charge in [-0.3, -0.25) is 4.79 Å². The van der Waals surface area contributed by atoms with E-state index in [2.05, 4.69) is 10.3 Å². The fourth-order valence-electron chi connectivity index (χ4n) is 1.64. The van der Waals surface area contributed by atoms with Gasteiger partial charge in [0.25, 0.3) is 5.91 Å². The van der Waals surface area contributed by atoms with E-state index in [1.165, 1.54) is 6.20 Å². The molecule has 3 N–H and O–H groups in total. The van der Waals surface area contributed by atoms with Crippen LogP contribution in [0.3, 0.4) is 0 Å². The van der Waals surface area contributed by atoms with Crippen LogP contribution in [0.1, 0.15) is 28.9 Å². The second-order valence-electron chi connectivity index (χ2n) is 4.08. The molecule has 0 saturated carbocycles. The van der Waals surface area contributed by atoms with Gasteiger partial charge in [0.15, 0.2) is 0 Å². The second-order valence-corrected chi connectivity index (χ2v) is 4.08. The Bertz CT molecular complexity index is 522. The van der Waals surface area contributed by atoms with Crippen molar-refractivity contribution < 1.29 is 4.79 Å². The van der Waals surface area contributed by atoms with Crippen LogP contribution >= 0.6 is 0 Å². The van der Waals surface area contributed by atoms with Crippen molar-refractivity contribution >= 4 is 11.7 Å². The van der Waals surface area contributed by atoms with Gasteiger partial charge in [-0.2, -0.15) is 0 Å². The standard InChI is InChI=1S/C14H15N3O/c1-10(11-5-3-2-4-6-11)17-14(18)12-7-8-13(15)16-9-12/h2-10H,1H3,(H2,15,16)(H,17,18). The first kappa shape index (κ1) is 12.1. The van der Waals surface area contributed by atoms with Crippen molar-refractivity contribution in [1.82, 2.24) is 10.3 Å². The summed E-state index contributed by atoms with van der Waals surface area (Å²) in [6.07, 6.45) is 1.47. The summed E-state index contributed by atoms with van der Waals surface area (Å²) in [6.45, 7) is 1.94. The topological polar surface area (TPSA) is 68.0 Å². The van der Waals surface area contributed by atoms with Gasteiger partial charge < -0.3 is 11.1 Å². The maximum atomic E-state index is 11.9. The average molecular weight is 241 g/mol. The first-order valence-corrected chi connectivity index (χ1v) is 5.74. The SMILES string of the molecule is CC(NC(=O)c1ccc(N)nc1)c1ccccc1. The van der Waals surface area contributed by atoms with E-state index >= 15 is 0 Å². The third-order valence-corrected chi connectivity index (χ3v) is 2.70. The molecule has 18 heavy (non-hydrogen) atoms. The number of anilines is 1. The minimum Gasteiger partial charge on any atom is -0.384 e. The Kier molecular flexibility index (Phi) is 3.57. The number of hydrogen-bond acceptors (Lipinski definition) is 3. The largest absolute Gasteiger partial charge is 0.384 e. The molecule has 4 nitrogen and oxygen atoms in total. The van der Waals surface area contributed by atoms with E-state index < -0.39 is 0 Å². The van der Waals surface area contributed by atoms with Crippen molar-refractivity contribution in [1.29, 1.82) is 0 Å². The molecule has 0 saturated heterocycles. The molecule has 1 unspecified atom stereocenters. The van der Waals surface area contributed by atoms with E-state index in [0.29, 0.717) is 11.4 Å². The Labute approximate surface area is 106 Å². The molecule has 92 valence electrons. The van der Waals surface area contributed by atoms with Crippen molar-refractivity contribution in [3.63, 3.8) is 0 Å². The monoisotopic (exact) mass is 241 g/mol. The van der Waals surface area contributed by atoms with Gasteiger partial charge >= 0.3 is 0 Å². The highest BCUT2D eigenvalue weighted by Gasteiger charge is 2.11. The van der Waals surface area contributed by atoms with Crippen LogP contribution in [0.15, 0.2) is 48.7 Å². The third-order valence-electron chi connectivity index (χ3n) is 2.70. The Morgan fingerprint density at radius 2 is 1.94 bits per heavy atom. The third kappa shape index (κ3) is 2.85. The summed E-state index contributed by atoms with van der Waals surface area (Å²) in [7, 11) is 0. The zero-order valence-corrected chi connectivity index (χ0v) is 10.1.